The fourth-order valence-corrected chi connectivity index (χ4v) is 3.29. The van der Waals surface area contributed by atoms with Gasteiger partial charge >= 0.3 is 0 Å². The summed E-state index contributed by atoms with van der Waals surface area (Å²) >= 11 is 0. The smallest absolute Gasteiger partial charge is 0.0361 e. The molecular weight excluding hydrogens is 232 g/mol. The topological polar surface area (TPSA) is 15.3 Å². The summed E-state index contributed by atoms with van der Waals surface area (Å²) in [6.07, 6.45) is 4.07. The van der Waals surface area contributed by atoms with Crippen LogP contribution in [-0.4, -0.2) is 20.1 Å². The van der Waals surface area contributed by atoms with Crippen molar-refractivity contribution in [3.63, 3.8) is 0 Å². The highest BCUT2D eigenvalue weighted by molar-refractivity contribution is 5.45. The van der Waals surface area contributed by atoms with Gasteiger partial charge in [-0.3, -0.25) is 0 Å². The van der Waals surface area contributed by atoms with Crippen LogP contribution in [0.15, 0.2) is 24.3 Å². The SMILES string of the molecule is CC1CC(C)CC(NCc2ccc(N(C)C)cc2)C1. The van der Waals surface area contributed by atoms with Gasteiger partial charge in [0.25, 0.3) is 0 Å². The Kier molecular flexibility index (Phi) is 4.87. The van der Waals surface area contributed by atoms with Crippen LogP contribution >= 0.6 is 0 Å². The Balaban J connectivity index is 1.84. The number of rotatable bonds is 4. The van der Waals surface area contributed by atoms with Crippen molar-refractivity contribution in [3.05, 3.63) is 29.8 Å². The molecule has 1 aliphatic rings. The molecule has 0 aromatic heterocycles. The summed E-state index contributed by atoms with van der Waals surface area (Å²) in [4.78, 5) is 2.14. The van der Waals surface area contributed by atoms with Crippen molar-refractivity contribution in [2.45, 2.75) is 45.7 Å². The first kappa shape index (κ1) is 14.4. The first-order valence-electron chi connectivity index (χ1n) is 7.54. The number of anilines is 1. The van der Waals surface area contributed by atoms with Crippen LogP contribution in [0.2, 0.25) is 0 Å². The summed E-state index contributed by atoms with van der Waals surface area (Å²) in [7, 11) is 4.16. The average molecular weight is 260 g/mol. The molecule has 0 aliphatic heterocycles. The molecule has 1 aromatic carbocycles. The third kappa shape index (κ3) is 4.24. The third-order valence-electron chi connectivity index (χ3n) is 4.23. The molecule has 0 spiro atoms. The van der Waals surface area contributed by atoms with Gasteiger partial charge in [-0.25, -0.2) is 0 Å². The summed E-state index contributed by atoms with van der Waals surface area (Å²) in [6.45, 7) is 5.77. The van der Waals surface area contributed by atoms with E-state index in [1.165, 1.54) is 30.5 Å². The fourth-order valence-electron chi connectivity index (χ4n) is 3.29. The molecule has 0 radical (unpaired) electrons. The fraction of sp³-hybridized carbons (Fsp3) is 0.647. The van der Waals surface area contributed by atoms with E-state index in [-0.39, 0.29) is 0 Å². The Labute approximate surface area is 118 Å². The first-order chi connectivity index (χ1) is 9.04. The van der Waals surface area contributed by atoms with Crippen molar-refractivity contribution in [3.8, 4) is 0 Å². The molecule has 2 unspecified atom stereocenters. The Morgan fingerprint density at radius 3 is 2.11 bits per heavy atom. The zero-order valence-electron chi connectivity index (χ0n) is 12.8. The maximum absolute atomic E-state index is 3.73. The van der Waals surface area contributed by atoms with Crippen molar-refractivity contribution in [1.82, 2.24) is 5.32 Å². The molecule has 1 aromatic rings. The molecule has 106 valence electrons. The van der Waals surface area contributed by atoms with E-state index in [9.17, 15) is 0 Å². The number of nitrogens with one attached hydrogen (secondary N) is 1. The normalized spacial score (nSPS) is 27.3. The van der Waals surface area contributed by atoms with E-state index < -0.39 is 0 Å². The molecule has 1 saturated carbocycles. The lowest BCUT2D eigenvalue weighted by molar-refractivity contribution is 0.238. The third-order valence-corrected chi connectivity index (χ3v) is 4.23. The predicted octanol–water partition coefficient (Wildman–Crippen LogP) is 3.67. The van der Waals surface area contributed by atoms with E-state index in [1.807, 2.05) is 0 Å². The maximum atomic E-state index is 3.73. The van der Waals surface area contributed by atoms with Crippen molar-refractivity contribution in [2.75, 3.05) is 19.0 Å². The second-order valence-corrected chi connectivity index (χ2v) is 6.56. The van der Waals surface area contributed by atoms with E-state index in [4.69, 9.17) is 0 Å². The van der Waals surface area contributed by atoms with Crippen LogP contribution in [0.4, 0.5) is 5.69 Å². The maximum Gasteiger partial charge on any atom is 0.0361 e. The molecule has 1 N–H and O–H groups in total. The monoisotopic (exact) mass is 260 g/mol. The largest absolute Gasteiger partial charge is 0.378 e. The van der Waals surface area contributed by atoms with Crippen molar-refractivity contribution in [1.29, 1.82) is 0 Å². The van der Waals surface area contributed by atoms with E-state index in [0.29, 0.717) is 6.04 Å². The van der Waals surface area contributed by atoms with Gasteiger partial charge in [-0.05, 0) is 48.8 Å². The summed E-state index contributed by atoms with van der Waals surface area (Å²) in [5.74, 6) is 1.75. The molecule has 0 saturated heterocycles. The van der Waals surface area contributed by atoms with Crippen molar-refractivity contribution < 1.29 is 0 Å². The van der Waals surface area contributed by atoms with Gasteiger partial charge in [0.15, 0.2) is 0 Å². The van der Waals surface area contributed by atoms with Gasteiger partial charge in [0.2, 0.25) is 0 Å². The predicted molar refractivity (Wildman–Crippen MR) is 83.6 cm³/mol. The quantitative estimate of drug-likeness (QED) is 0.888. The molecule has 0 amide bonds. The Morgan fingerprint density at radius 1 is 1.00 bits per heavy atom. The second kappa shape index (κ2) is 6.42. The van der Waals surface area contributed by atoms with E-state index >= 15 is 0 Å². The molecule has 2 nitrogen and oxygen atoms in total. The average Bonchev–Trinajstić information content (AvgIpc) is 2.36. The van der Waals surface area contributed by atoms with Crippen LogP contribution in [0.5, 0.6) is 0 Å². The summed E-state index contributed by atoms with van der Waals surface area (Å²) in [5, 5.41) is 3.73. The number of nitrogens with zero attached hydrogens (tertiary/aromatic N) is 1. The van der Waals surface area contributed by atoms with Crippen LogP contribution in [0.25, 0.3) is 0 Å². The van der Waals surface area contributed by atoms with Crippen LogP contribution in [0.3, 0.4) is 0 Å². The highest BCUT2D eigenvalue weighted by Gasteiger charge is 2.23. The van der Waals surface area contributed by atoms with E-state index in [1.54, 1.807) is 0 Å². The van der Waals surface area contributed by atoms with Gasteiger partial charge in [-0.15, -0.1) is 0 Å². The summed E-state index contributed by atoms with van der Waals surface area (Å²) in [5.41, 5.74) is 2.65. The van der Waals surface area contributed by atoms with Gasteiger partial charge in [0.1, 0.15) is 0 Å². The highest BCUT2D eigenvalue weighted by atomic mass is 15.1. The van der Waals surface area contributed by atoms with Gasteiger partial charge in [-0.1, -0.05) is 26.0 Å². The first-order valence-corrected chi connectivity index (χ1v) is 7.54. The lowest BCUT2D eigenvalue weighted by Crippen LogP contribution is -2.35. The second-order valence-electron chi connectivity index (χ2n) is 6.56. The summed E-state index contributed by atoms with van der Waals surface area (Å²) < 4.78 is 0. The molecule has 0 bridgehead atoms. The van der Waals surface area contributed by atoms with Crippen molar-refractivity contribution in [2.24, 2.45) is 11.8 Å². The molecular formula is C17H28N2. The minimum atomic E-state index is 0.701. The molecule has 1 fully saturated rings. The highest BCUT2D eigenvalue weighted by Crippen LogP contribution is 2.28. The zero-order chi connectivity index (χ0) is 13.8. The Bertz CT molecular complexity index is 373. The molecule has 0 heterocycles. The van der Waals surface area contributed by atoms with E-state index in [0.717, 1.165) is 18.4 Å². The molecule has 19 heavy (non-hydrogen) atoms. The van der Waals surface area contributed by atoms with Gasteiger partial charge in [0.05, 0.1) is 0 Å². The standard InChI is InChI=1S/C17H28N2/c1-13-9-14(2)11-16(10-13)18-12-15-5-7-17(8-6-15)19(3)4/h5-8,13-14,16,18H,9-12H2,1-4H3. The lowest BCUT2D eigenvalue weighted by Gasteiger charge is -2.32. The van der Waals surface area contributed by atoms with Gasteiger partial charge in [-0.2, -0.15) is 0 Å². The van der Waals surface area contributed by atoms with Gasteiger partial charge < -0.3 is 10.2 Å². The van der Waals surface area contributed by atoms with Crippen molar-refractivity contribution >= 4 is 5.69 Å². The number of hydrogen-bond acceptors (Lipinski definition) is 2. The van der Waals surface area contributed by atoms with Crippen LogP contribution in [0.1, 0.15) is 38.7 Å². The molecule has 2 atom stereocenters. The Morgan fingerprint density at radius 2 is 1.58 bits per heavy atom. The molecule has 2 heteroatoms. The van der Waals surface area contributed by atoms with Crippen LogP contribution in [-0.2, 0) is 6.54 Å². The van der Waals surface area contributed by atoms with Crippen LogP contribution < -0.4 is 10.2 Å². The Hall–Kier alpha value is -1.02. The van der Waals surface area contributed by atoms with E-state index in [2.05, 4.69) is 62.4 Å². The summed E-state index contributed by atoms with van der Waals surface area (Å²) in [6, 6.07) is 9.56. The molecule has 2 rings (SSSR count). The van der Waals surface area contributed by atoms with Crippen LogP contribution in [0, 0.1) is 11.8 Å². The zero-order valence-corrected chi connectivity index (χ0v) is 12.8. The minimum absolute atomic E-state index is 0.701. The minimum Gasteiger partial charge on any atom is -0.378 e. The number of hydrogen-bond donors (Lipinski definition) is 1. The van der Waals surface area contributed by atoms with Gasteiger partial charge in [0, 0.05) is 32.4 Å². The lowest BCUT2D eigenvalue weighted by atomic mass is 9.80. The number of benzene rings is 1. The molecule has 1 aliphatic carbocycles.